The minimum absolute atomic E-state index is 0.0589. The molecule has 0 radical (unpaired) electrons. The Morgan fingerprint density at radius 1 is 0.939 bits per heavy atom. The van der Waals surface area contributed by atoms with Crippen LogP contribution in [0.3, 0.4) is 0 Å². The topological polar surface area (TPSA) is 122 Å². The van der Waals surface area contributed by atoms with E-state index in [1.807, 2.05) is 0 Å². The smallest absolute Gasteiger partial charge is 0.338 e. The Labute approximate surface area is 191 Å². The molecule has 2 N–H and O–H groups in total. The van der Waals surface area contributed by atoms with Crippen LogP contribution < -0.4 is 10.6 Å². The number of hydrogen-bond acceptors (Lipinski definition) is 6. The van der Waals surface area contributed by atoms with Crippen molar-refractivity contribution in [1.82, 2.24) is 15.5 Å². The normalized spacial score (nSPS) is 13.9. The molecule has 9 nitrogen and oxygen atoms in total. The SMILES string of the molecule is CC(OC(=O)c1ccc(CN2C(=O)c3ccccc3C2=O)cc1)C(=O)NC(=O)NC(C)(C)C. The van der Waals surface area contributed by atoms with Crippen LogP contribution in [-0.4, -0.2) is 46.3 Å². The predicted octanol–water partition coefficient (Wildman–Crippen LogP) is 2.65. The molecule has 9 heteroatoms. The zero-order chi connectivity index (χ0) is 24.3. The van der Waals surface area contributed by atoms with Gasteiger partial charge in [0.15, 0.2) is 6.10 Å². The third-order valence-electron chi connectivity index (χ3n) is 4.79. The van der Waals surface area contributed by atoms with Gasteiger partial charge in [-0.3, -0.25) is 24.6 Å². The summed E-state index contributed by atoms with van der Waals surface area (Å²) < 4.78 is 5.13. The number of amides is 5. The molecular formula is C24H25N3O6. The largest absolute Gasteiger partial charge is 0.449 e. The van der Waals surface area contributed by atoms with Gasteiger partial charge in [-0.2, -0.15) is 0 Å². The second-order valence-corrected chi connectivity index (χ2v) is 8.68. The van der Waals surface area contributed by atoms with Crippen molar-refractivity contribution >= 4 is 29.7 Å². The van der Waals surface area contributed by atoms with Crippen molar-refractivity contribution < 1.29 is 28.7 Å². The Bertz CT molecular complexity index is 1080. The fourth-order valence-electron chi connectivity index (χ4n) is 3.18. The number of rotatable bonds is 5. The summed E-state index contributed by atoms with van der Waals surface area (Å²) in [5.41, 5.74) is 1.03. The molecule has 0 saturated heterocycles. The number of urea groups is 1. The van der Waals surface area contributed by atoms with Gasteiger partial charge in [0.2, 0.25) is 0 Å². The molecule has 33 heavy (non-hydrogen) atoms. The molecule has 0 aliphatic carbocycles. The number of carbonyl (C=O) groups excluding carboxylic acids is 5. The maximum absolute atomic E-state index is 12.5. The number of imide groups is 2. The van der Waals surface area contributed by atoms with Crippen molar-refractivity contribution in [2.45, 2.75) is 45.9 Å². The molecule has 2 aromatic carbocycles. The van der Waals surface area contributed by atoms with Gasteiger partial charge < -0.3 is 10.1 Å². The van der Waals surface area contributed by atoms with Crippen molar-refractivity contribution in [3.63, 3.8) is 0 Å². The summed E-state index contributed by atoms with van der Waals surface area (Å²) in [6, 6.07) is 12.1. The molecule has 5 amide bonds. The van der Waals surface area contributed by atoms with Crippen molar-refractivity contribution in [3.05, 3.63) is 70.8 Å². The number of hydrogen-bond donors (Lipinski definition) is 2. The van der Waals surface area contributed by atoms with Crippen LogP contribution in [0.1, 0.15) is 64.3 Å². The summed E-state index contributed by atoms with van der Waals surface area (Å²) in [6.07, 6.45) is -1.19. The van der Waals surface area contributed by atoms with Gasteiger partial charge in [-0.25, -0.2) is 9.59 Å². The lowest BCUT2D eigenvalue weighted by Crippen LogP contribution is -2.50. The number of ether oxygens (including phenoxy) is 1. The van der Waals surface area contributed by atoms with Crippen LogP contribution in [-0.2, 0) is 16.1 Å². The highest BCUT2D eigenvalue weighted by atomic mass is 16.5. The Balaban J connectivity index is 1.57. The zero-order valence-corrected chi connectivity index (χ0v) is 18.8. The summed E-state index contributed by atoms with van der Waals surface area (Å²) in [5.74, 6) is -2.24. The number of esters is 1. The van der Waals surface area contributed by atoms with E-state index in [-0.39, 0.29) is 23.9 Å². The van der Waals surface area contributed by atoms with Crippen molar-refractivity contribution in [2.24, 2.45) is 0 Å². The summed E-state index contributed by atoms with van der Waals surface area (Å²) in [7, 11) is 0. The van der Waals surface area contributed by atoms with Gasteiger partial charge in [-0.1, -0.05) is 24.3 Å². The van der Waals surface area contributed by atoms with Crippen LogP contribution in [0.2, 0.25) is 0 Å². The first-order chi connectivity index (χ1) is 15.5. The van der Waals surface area contributed by atoms with Crippen molar-refractivity contribution in [3.8, 4) is 0 Å². The molecule has 0 saturated carbocycles. The van der Waals surface area contributed by atoms with E-state index in [9.17, 15) is 24.0 Å². The van der Waals surface area contributed by atoms with Crippen LogP contribution in [0, 0.1) is 0 Å². The van der Waals surface area contributed by atoms with E-state index in [0.29, 0.717) is 16.7 Å². The maximum atomic E-state index is 12.5. The molecular weight excluding hydrogens is 426 g/mol. The Hall–Kier alpha value is -4.01. The number of nitrogens with zero attached hydrogens (tertiary/aromatic N) is 1. The van der Waals surface area contributed by atoms with Crippen LogP contribution >= 0.6 is 0 Å². The molecule has 0 fully saturated rings. The summed E-state index contributed by atoms with van der Waals surface area (Å²) >= 11 is 0. The van der Waals surface area contributed by atoms with E-state index in [4.69, 9.17) is 4.74 Å². The van der Waals surface area contributed by atoms with Gasteiger partial charge in [0.1, 0.15) is 0 Å². The number of nitrogens with one attached hydrogen (secondary N) is 2. The Kier molecular flexibility index (Phi) is 6.62. The molecule has 0 bridgehead atoms. The minimum Gasteiger partial charge on any atom is -0.449 e. The third kappa shape index (κ3) is 5.62. The minimum atomic E-state index is -1.19. The molecule has 1 atom stereocenters. The lowest BCUT2D eigenvalue weighted by Gasteiger charge is -2.21. The van der Waals surface area contributed by atoms with Gasteiger partial charge in [-0.05, 0) is 57.5 Å². The summed E-state index contributed by atoms with van der Waals surface area (Å²) in [4.78, 5) is 62.4. The molecule has 1 aliphatic heterocycles. The molecule has 3 rings (SSSR count). The van der Waals surface area contributed by atoms with Gasteiger partial charge in [0.25, 0.3) is 17.7 Å². The fourth-order valence-corrected chi connectivity index (χ4v) is 3.18. The van der Waals surface area contributed by atoms with E-state index >= 15 is 0 Å². The van der Waals surface area contributed by atoms with Crippen LogP contribution in [0.25, 0.3) is 0 Å². The maximum Gasteiger partial charge on any atom is 0.338 e. The zero-order valence-electron chi connectivity index (χ0n) is 18.8. The van der Waals surface area contributed by atoms with E-state index in [1.54, 1.807) is 57.2 Å². The fraction of sp³-hybridized carbons (Fsp3) is 0.292. The van der Waals surface area contributed by atoms with Gasteiger partial charge in [0.05, 0.1) is 23.2 Å². The van der Waals surface area contributed by atoms with E-state index in [2.05, 4.69) is 10.6 Å². The standard InChI is InChI=1S/C24H25N3O6/c1-14(19(28)25-23(32)26-24(2,3)4)33-22(31)16-11-9-15(10-12-16)13-27-20(29)17-7-5-6-8-18(17)21(27)30/h5-12,14H,13H2,1-4H3,(H2,25,26,28,32). The third-order valence-corrected chi connectivity index (χ3v) is 4.79. The molecule has 172 valence electrons. The average Bonchev–Trinajstić information content (AvgIpc) is 2.98. The van der Waals surface area contributed by atoms with E-state index in [1.165, 1.54) is 19.1 Å². The van der Waals surface area contributed by atoms with E-state index < -0.39 is 29.6 Å². The predicted molar refractivity (Wildman–Crippen MR) is 118 cm³/mol. The summed E-state index contributed by atoms with van der Waals surface area (Å²) in [6.45, 7) is 6.70. The average molecular weight is 451 g/mol. The Morgan fingerprint density at radius 2 is 1.48 bits per heavy atom. The lowest BCUT2D eigenvalue weighted by atomic mass is 10.1. The quantitative estimate of drug-likeness (QED) is 0.532. The van der Waals surface area contributed by atoms with Crippen LogP contribution in [0.5, 0.6) is 0 Å². The Morgan fingerprint density at radius 3 is 2.00 bits per heavy atom. The number of benzene rings is 2. The monoisotopic (exact) mass is 451 g/mol. The molecule has 0 spiro atoms. The second-order valence-electron chi connectivity index (χ2n) is 8.68. The molecule has 1 unspecified atom stereocenters. The number of carbonyl (C=O) groups is 5. The first-order valence-corrected chi connectivity index (χ1v) is 10.3. The van der Waals surface area contributed by atoms with Crippen LogP contribution in [0.15, 0.2) is 48.5 Å². The first kappa shape index (κ1) is 23.6. The van der Waals surface area contributed by atoms with Gasteiger partial charge in [-0.15, -0.1) is 0 Å². The van der Waals surface area contributed by atoms with Crippen molar-refractivity contribution in [1.29, 1.82) is 0 Å². The van der Waals surface area contributed by atoms with Crippen LogP contribution in [0.4, 0.5) is 4.79 Å². The molecule has 0 aromatic heterocycles. The second kappa shape index (κ2) is 9.23. The highest BCUT2D eigenvalue weighted by molar-refractivity contribution is 6.21. The van der Waals surface area contributed by atoms with Gasteiger partial charge >= 0.3 is 12.0 Å². The molecule has 1 aliphatic rings. The molecule has 1 heterocycles. The lowest BCUT2D eigenvalue weighted by molar-refractivity contribution is -0.127. The van der Waals surface area contributed by atoms with Gasteiger partial charge in [0, 0.05) is 5.54 Å². The van der Waals surface area contributed by atoms with E-state index in [0.717, 1.165) is 4.90 Å². The number of fused-ring (bicyclic) bond motifs is 1. The van der Waals surface area contributed by atoms with Crippen molar-refractivity contribution in [2.75, 3.05) is 0 Å². The first-order valence-electron chi connectivity index (χ1n) is 10.3. The molecule has 2 aromatic rings. The highest BCUT2D eigenvalue weighted by Gasteiger charge is 2.35. The summed E-state index contributed by atoms with van der Waals surface area (Å²) in [5, 5.41) is 4.70. The highest BCUT2D eigenvalue weighted by Crippen LogP contribution is 2.24.